The van der Waals surface area contributed by atoms with E-state index in [0.29, 0.717) is 44.1 Å². The van der Waals surface area contributed by atoms with E-state index in [0.717, 1.165) is 60.5 Å². The van der Waals surface area contributed by atoms with Crippen LogP contribution in [0.1, 0.15) is 68.2 Å². The van der Waals surface area contributed by atoms with Gasteiger partial charge in [0.1, 0.15) is 11.5 Å². The number of aliphatic hydroxyl groups excluding tert-OH is 1. The molecule has 0 aromatic heterocycles. The maximum absolute atomic E-state index is 10.6. The third-order valence-electron chi connectivity index (χ3n) is 6.28. The van der Waals surface area contributed by atoms with Gasteiger partial charge in [0.15, 0.2) is 0 Å². The van der Waals surface area contributed by atoms with Crippen molar-refractivity contribution < 1.29 is 24.1 Å². The Morgan fingerprint density at radius 2 is 1.82 bits per heavy atom. The van der Waals surface area contributed by atoms with Crippen molar-refractivity contribution in [2.45, 2.75) is 70.2 Å². The lowest BCUT2D eigenvalue weighted by Gasteiger charge is -2.34. The van der Waals surface area contributed by atoms with Gasteiger partial charge in [-0.25, -0.2) is 0 Å². The molecule has 180 valence electrons. The normalized spacial score (nSPS) is 24.3. The third-order valence-corrected chi connectivity index (χ3v) is 6.63. The van der Waals surface area contributed by atoms with Crippen LogP contribution in [0.25, 0.3) is 0 Å². The smallest absolute Gasteiger partial charge is 0.126 e. The van der Waals surface area contributed by atoms with Gasteiger partial charge in [0.05, 0.1) is 38.1 Å². The summed E-state index contributed by atoms with van der Waals surface area (Å²) < 4.78 is 24.0. The molecule has 1 fully saturated rings. The lowest BCUT2D eigenvalue weighted by molar-refractivity contribution is -0.124. The highest BCUT2D eigenvalue weighted by Crippen LogP contribution is 2.40. The van der Waals surface area contributed by atoms with Crippen molar-refractivity contribution >= 4 is 11.6 Å². The molecule has 3 unspecified atom stereocenters. The zero-order chi connectivity index (χ0) is 23.0. The number of hydrogen-bond donors (Lipinski definition) is 1. The minimum Gasteiger partial charge on any atom is -0.494 e. The van der Waals surface area contributed by atoms with Gasteiger partial charge >= 0.3 is 0 Å². The fraction of sp³-hybridized carbons (Fsp3) is 0.556. The highest BCUT2D eigenvalue weighted by molar-refractivity contribution is 6.31. The van der Waals surface area contributed by atoms with Crippen molar-refractivity contribution in [3.8, 4) is 11.5 Å². The second kappa shape index (κ2) is 12.1. The van der Waals surface area contributed by atoms with Crippen LogP contribution in [-0.4, -0.2) is 43.7 Å². The van der Waals surface area contributed by atoms with E-state index in [-0.39, 0.29) is 12.2 Å². The summed E-state index contributed by atoms with van der Waals surface area (Å²) in [5.41, 5.74) is 3.12. The minimum absolute atomic E-state index is 0.125. The Morgan fingerprint density at radius 1 is 1.03 bits per heavy atom. The average Bonchev–Trinajstić information content (AvgIpc) is 2.80. The van der Waals surface area contributed by atoms with E-state index in [1.54, 1.807) is 0 Å². The summed E-state index contributed by atoms with van der Waals surface area (Å²) in [6.07, 6.45) is 5.29. The summed E-state index contributed by atoms with van der Waals surface area (Å²) in [6.45, 7) is 4.51. The molecule has 1 saturated heterocycles. The molecule has 5 nitrogen and oxygen atoms in total. The Balaban J connectivity index is 1.60. The van der Waals surface area contributed by atoms with Gasteiger partial charge < -0.3 is 24.1 Å². The van der Waals surface area contributed by atoms with E-state index in [9.17, 15) is 5.11 Å². The molecule has 0 amide bonds. The Labute approximate surface area is 202 Å². The number of halogens is 1. The first-order valence-corrected chi connectivity index (χ1v) is 12.6. The highest BCUT2D eigenvalue weighted by atomic mass is 35.5. The van der Waals surface area contributed by atoms with E-state index in [1.165, 1.54) is 0 Å². The van der Waals surface area contributed by atoms with Crippen molar-refractivity contribution in [1.82, 2.24) is 0 Å². The van der Waals surface area contributed by atoms with Crippen LogP contribution in [0, 0.1) is 0 Å². The van der Waals surface area contributed by atoms with Crippen molar-refractivity contribution in [1.29, 1.82) is 0 Å². The fourth-order valence-corrected chi connectivity index (χ4v) is 4.80. The molecule has 4 rings (SSSR count). The third kappa shape index (κ3) is 6.86. The van der Waals surface area contributed by atoms with Crippen molar-refractivity contribution in [2.75, 3.05) is 26.4 Å². The second-order valence-corrected chi connectivity index (χ2v) is 9.35. The van der Waals surface area contributed by atoms with Gasteiger partial charge in [-0.1, -0.05) is 30.2 Å². The molecule has 0 radical (unpaired) electrons. The van der Waals surface area contributed by atoms with Gasteiger partial charge in [-0.05, 0) is 68.0 Å². The first-order chi connectivity index (χ1) is 16.1. The first kappa shape index (κ1) is 24.3. The van der Waals surface area contributed by atoms with Crippen LogP contribution >= 0.6 is 11.6 Å². The van der Waals surface area contributed by atoms with Crippen LogP contribution in [0.2, 0.25) is 5.02 Å². The number of rotatable bonds is 4. The van der Waals surface area contributed by atoms with Gasteiger partial charge in [-0.15, -0.1) is 0 Å². The van der Waals surface area contributed by atoms with Gasteiger partial charge in [0, 0.05) is 30.0 Å². The van der Waals surface area contributed by atoms with Crippen molar-refractivity contribution in [2.24, 2.45) is 0 Å². The molecule has 6 heteroatoms. The Morgan fingerprint density at radius 3 is 2.61 bits per heavy atom. The van der Waals surface area contributed by atoms with Crippen LogP contribution in [0.15, 0.2) is 36.4 Å². The average molecular weight is 475 g/mol. The monoisotopic (exact) mass is 474 g/mol. The molecule has 2 aliphatic heterocycles. The summed E-state index contributed by atoms with van der Waals surface area (Å²) in [6, 6.07) is 12.1. The number of benzene rings is 2. The molecule has 2 aromatic rings. The summed E-state index contributed by atoms with van der Waals surface area (Å²) in [5.74, 6) is 1.62. The number of hydrogen-bond acceptors (Lipinski definition) is 5. The molecule has 2 aliphatic rings. The van der Waals surface area contributed by atoms with Crippen LogP contribution in [0.3, 0.4) is 0 Å². The first-order valence-electron chi connectivity index (χ1n) is 12.2. The van der Waals surface area contributed by atoms with E-state index >= 15 is 0 Å². The van der Waals surface area contributed by atoms with Gasteiger partial charge in [0.25, 0.3) is 0 Å². The molecule has 0 aliphatic carbocycles. The molecule has 1 N–H and O–H groups in total. The maximum Gasteiger partial charge on any atom is 0.126 e. The second-order valence-electron chi connectivity index (χ2n) is 8.94. The predicted molar refractivity (Wildman–Crippen MR) is 130 cm³/mol. The molecule has 2 aromatic carbocycles. The maximum atomic E-state index is 10.6. The van der Waals surface area contributed by atoms with Gasteiger partial charge in [0.2, 0.25) is 0 Å². The molecule has 2 heterocycles. The van der Waals surface area contributed by atoms with Crippen LogP contribution < -0.4 is 9.47 Å². The number of aliphatic hydroxyl groups is 1. The van der Waals surface area contributed by atoms with E-state index in [1.807, 2.05) is 25.1 Å². The summed E-state index contributed by atoms with van der Waals surface area (Å²) in [4.78, 5) is 0. The number of ether oxygens (including phenoxy) is 4. The predicted octanol–water partition coefficient (Wildman–Crippen LogP) is 5.88. The summed E-state index contributed by atoms with van der Waals surface area (Å²) >= 11 is 6.71. The van der Waals surface area contributed by atoms with Crippen LogP contribution in [0.5, 0.6) is 11.5 Å². The molecule has 2 bridgehead atoms. The van der Waals surface area contributed by atoms with E-state index in [2.05, 4.69) is 18.2 Å². The Hall–Kier alpha value is -1.79. The fourth-order valence-electron chi connectivity index (χ4n) is 4.58. The summed E-state index contributed by atoms with van der Waals surface area (Å²) in [5, 5.41) is 11.2. The zero-order valence-electron chi connectivity index (χ0n) is 19.4. The molecular formula is C27H35ClO5. The zero-order valence-corrected chi connectivity index (χ0v) is 20.2. The van der Waals surface area contributed by atoms with E-state index < -0.39 is 6.10 Å². The van der Waals surface area contributed by atoms with E-state index in [4.69, 9.17) is 30.5 Å². The standard InChI is InChI=1S/C27H35ClO5/c1-2-31-22-9-7-19(8-10-22)13-20-14-24-26(17-25(20)28)32-12-6-4-3-5-11-30-18-23-15-21(29)16-27(24)33-23/h7-10,14,17,21,23,27,29H,2-6,11-13,15-16,18H2,1H3. The molecular weight excluding hydrogens is 440 g/mol. The molecule has 0 saturated carbocycles. The molecule has 3 atom stereocenters. The minimum atomic E-state index is -0.427. The molecule has 33 heavy (non-hydrogen) atoms. The van der Waals surface area contributed by atoms with Gasteiger partial charge in [-0.2, -0.15) is 0 Å². The highest BCUT2D eigenvalue weighted by Gasteiger charge is 2.32. The Bertz CT molecular complexity index is 885. The topological polar surface area (TPSA) is 57.2 Å². The lowest BCUT2D eigenvalue weighted by Crippen LogP contribution is -2.34. The SMILES string of the molecule is CCOc1ccc(Cc2cc3c(cc2Cl)OCCCCCCOCC2CC(O)CC3O2)cc1. The largest absolute Gasteiger partial charge is 0.494 e. The van der Waals surface area contributed by atoms with Gasteiger partial charge in [-0.3, -0.25) is 0 Å². The Kier molecular flexibility index (Phi) is 8.90. The van der Waals surface area contributed by atoms with Crippen LogP contribution in [0.4, 0.5) is 0 Å². The number of fused-ring (bicyclic) bond motifs is 4. The van der Waals surface area contributed by atoms with Crippen molar-refractivity contribution in [3.63, 3.8) is 0 Å². The summed E-state index contributed by atoms with van der Waals surface area (Å²) in [7, 11) is 0. The molecule has 0 spiro atoms. The lowest BCUT2D eigenvalue weighted by atomic mass is 9.93. The van der Waals surface area contributed by atoms with Crippen LogP contribution in [-0.2, 0) is 15.9 Å². The van der Waals surface area contributed by atoms with Crippen molar-refractivity contribution in [3.05, 3.63) is 58.1 Å². The quantitative estimate of drug-likeness (QED) is 0.599.